The van der Waals surface area contributed by atoms with Crippen molar-refractivity contribution in [2.75, 3.05) is 23.6 Å². The van der Waals surface area contributed by atoms with E-state index >= 15 is 0 Å². The van der Waals surface area contributed by atoms with Gasteiger partial charge in [-0.3, -0.25) is 9.69 Å². The van der Waals surface area contributed by atoms with Gasteiger partial charge in [0.25, 0.3) is 0 Å². The molecule has 1 atom stereocenters. The Kier molecular flexibility index (Phi) is 5.43. The maximum atomic E-state index is 14.5. The second-order valence-electron chi connectivity index (χ2n) is 5.71. The summed E-state index contributed by atoms with van der Waals surface area (Å²) in [5, 5.41) is 5.30. The maximum Gasteiger partial charge on any atom is 0.416 e. The highest BCUT2D eigenvalue weighted by atomic mass is 19.1. The summed E-state index contributed by atoms with van der Waals surface area (Å²) >= 11 is 0. The fourth-order valence-electron chi connectivity index (χ4n) is 2.56. The van der Waals surface area contributed by atoms with Crippen LogP contribution in [0.2, 0.25) is 0 Å². The number of cyclic esters (lactones) is 1. The number of ether oxygens (including phenoxy) is 1. The molecule has 1 fully saturated rings. The lowest BCUT2D eigenvalue weighted by atomic mass is 10.2. The third-order valence-electron chi connectivity index (χ3n) is 3.94. The number of alkyl halides is 1. The quantitative estimate of drug-likeness (QED) is 0.459. The van der Waals surface area contributed by atoms with Crippen molar-refractivity contribution in [3.8, 4) is 0 Å². The van der Waals surface area contributed by atoms with Gasteiger partial charge in [-0.15, -0.1) is 4.91 Å². The summed E-state index contributed by atoms with van der Waals surface area (Å²) in [5.41, 5.74) is -0.778. The lowest BCUT2D eigenvalue weighted by molar-refractivity contribution is -0.00258. The Bertz CT molecular complexity index is 975. The van der Waals surface area contributed by atoms with Crippen molar-refractivity contribution in [1.82, 2.24) is 5.01 Å². The summed E-state index contributed by atoms with van der Waals surface area (Å²) in [7, 11) is 0. The van der Waals surface area contributed by atoms with Gasteiger partial charge in [0.2, 0.25) is 11.7 Å². The molecule has 1 unspecified atom stereocenters. The average molecular weight is 394 g/mol. The number of benzene rings is 1. The van der Waals surface area contributed by atoms with E-state index in [-0.39, 0.29) is 23.6 Å². The number of nitrogens with one attached hydrogen (secondary N) is 1. The maximum absolute atomic E-state index is 14.5. The molecular formula is C17H13F3N4O4. The molecule has 0 aromatic heterocycles. The third kappa shape index (κ3) is 3.87. The molecule has 11 heteroatoms. The predicted molar refractivity (Wildman–Crippen MR) is 93.6 cm³/mol. The monoisotopic (exact) mass is 394 g/mol. The molecule has 1 saturated heterocycles. The van der Waals surface area contributed by atoms with E-state index < -0.39 is 36.2 Å². The number of hydrogen-bond donors (Lipinski definition) is 1. The van der Waals surface area contributed by atoms with E-state index in [2.05, 4.69) is 10.6 Å². The second kappa shape index (κ2) is 7.94. The van der Waals surface area contributed by atoms with Crippen molar-refractivity contribution in [2.24, 2.45) is 5.29 Å². The van der Waals surface area contributed by atoms with Crippen LogP contribution in [-0.2, 0) is 4.74 Å². The lowest BCUT2D eigenvalue weighted by Gasteiger charge is -2.17. The SMILES string of the molecule is O=NN(CF)C1CN(c2ccc(Nc3cc(F)cccc3=O)c(F)c2)C(=O)O1. The van der Waals surface area contributed by atoms with Crippen LogP contribution >= 0.6 is 0 Å². The summed E-state index contributed by atoms with van der Waals surface area (Å²) in [6.07, 6.45) is -2.16. The second-order valence-corrected chi connectivity index (χ2v) is 5.71. The van der Waals surface area contributed by atoms with Crippen molar-refractivity contribution in [3.05, 3.63) is 69.2 Å². The van der Waals surface area contributed by atoms with E-state index in [9.17, 15) is 27.7 Å². The van der Waals surface area contributed by atoms with E-state index in [1.165, 1.54) is 18.2 Å². The summed E-state index contributed by atoms with van der Waals surface area (Å²) in [4.78, 5) is 35.3. The Balaban J connectivity index is 1.83. The van der Waals surface area contributed by atoms with Crippen LogP contribution in [-0.4, -0.2) is 30.7 Å². The predicted octanol–water partition coefficient (Wildman–Crippen LogP) is 3.26. The third-order valence-corrected chi connectivity index (χ3v) is 3.94. The van der Waals surface area contributed by atoms with Gasteiger partial charge >= 0.3 is 6.09 Å². The Morgan fingerprint density at radius 2 is 1.96 bits per heavy atom. The molecular weight excluding hydrogens is 381 g/mol. The highest BCUT2D eigenvalue weighted by molar-refractivity contribution is 5.90. The highest BCUT2D eigenvalue weighted by Gasteiger charge is 2.37. The van der Waals surface area contributed by atoms with Gasteiger partial charge < -0.3 is 10.1 Å². The molecule has 146 valence electrons. The average Bonchev–Trinajstić information content (AvgIpc) is 2.96. The van der Waals surface area contributed by atoms with E-state index in [1.807, 2.05) is 0 Å². The molecule has 1 heterocycles. The van der Waals surface area contributed by atoms with Gasteiger partial charge in [0, 0.05) is 6.07 Å². The van der Waals surface area contributed by atoms with Crippen LogP contribution in [0.3, 0.4) is 0 Å². The van der Waals surface area contributed by atoms with Crippen LogP contribution in [0, 0.1) is 16.5 Å². The van der Waals surface area contributed by atoms with E-state index in [0.29, 0.717) is 5.01 Å². The number of amides is 1. The zero-order valence-electron chi connectivity index (χ0n) is 14.1. The minimum absolute atomic E-state index is 0.0763. The van der Waals surface area contributed by atoms with Crippen molar-refractivity contribution in [3.63, 3.8) is 0 Å². The molecule has 0 saturated carbocycles. The number of halogens is 3. The summed E-state index contributed by atoms with van der Waals surface area (Å²) in [5.74, 6) is -1.52. The van der Waals surface area contributed by atoms with Gasteiger partial charge in [0.15, 0.2) is 6.80 Å². The molecule has 0 aliphatic carbocycles. The molecule has 0 spiro atoms. The van der Waals surface area contributed by atoms with Gasteiger partial charge in [0.1, 0.15) is 11.6 Å². The molecule has 0 bridgehead atoms. The van der Waals surface area contributed by atoms with Gasteiger partial charge in [-0.05, 0) is 30.3 Å². The van der Waals surface area contributed by atoms with E-state index in [4.69, 9.17) is 4.74 Å². The van der Waals surface area contributed by atoms with Crippen LogP contribution in [0.5, 0.6) is 0 Å². The molecule has 2 aromatic rings. The molecule has 1 N–H and O–H groups in total. The first-order valence-corrected chi connectivity index (χ1v) is 7.93. The number of nitrogens with zero attached hydrogens (tertiary/aromatic N) is 3. The number of rotatable bonds is 6. The topological polar surface area (TPSA) is 91.3 Å². The number of nitroso groups, excluding NO2 is 1. The first-order valence-electron chi connectivity index (χ1n) is 7.93. The van der Waals surface area contributed by atoms with Crippen LogP contribution in [0.1, 0.15) is 0 Å². The molecule has 28 heavy (non-hydrogen) atoms. The number of carbonyl (C=O) groups is 1. The first-order chi connectivity index (χ1) is 13.4. The Morgan fingerprint density at radius 3 is 2.64 bits per heavy atom. The molecule has 2 aromatic carbocycles. The summed E-state index contributed by atoms with van der Waals surface area (Å²) < 4.78 is 45.4. The van der Waals surface area contributed by atoms with Crippen LogP contribution < -0.4 is 15.6 Å². The fraction of sp³-hybridized carbons (Fsp3) is 0.176. The van der Waals surface area contributed by atoms with Crippen LogP contribution in [0.25, 0.3) is 0 Å². The standard InChI is InChI=1S/C17H13F3N4O4/c18-9-24(22-27)16-8-23(17(26)28-16)11-4-5-13(12(20)7-11)21-14-6-10(19)2-1-3-15(14)25/h1-7,16H,8-9H2,(H,21,25). The van der Waals surface area contributed by atoms with Crippen molar-refractivity contribution >= 4 is 23.2 Å². The molecule has 1 amide bonds. The number of carbonyl (C=O) groups excluding carboxylic acids is 1. The van der Waals surface area contributed by atoms with Gasteiger partial charge in [0.05, 0.1) is 28.9 Å². The molecule has 8 nitrogen and oxygen atoms in total. The minimum atomic E-state index is -1.25. The first kappa shape index (κ1) is 19.1. The van der Waals surface area contributed by atoms with Crippen molar-refractivity contribution in [2.45, 2.75) is 6.23 Å². The molecule has 0 radical (unpaired) electrons. The molecule has 1 aliphatic heterocycles. The highest BCUT2D eigenvalue weighted by Crippen LogP contribution is 2.28. The fourth-order valence-corrected chi connectivity index (χ4v) is 2.56. The van der Waals surface area contributed by atoms with Gasteiger partial charge in [-0.25, -0.2) is 18.0 Å². The zero-order valence-corrected chi connectivity index (χ0v) is 14.1. The Hall–Kier alpha value is -3.63. The van der Waals surface area contributed by atoms with Crippen molar-refractivity contribution in [1.29, 1.82) is 0 Å². The number of hydrogen-bond acceptors (Lipinski definition) is 6. The largest absolute Gasteiger partial charge is 0.421 e. The molecule has 1 aliphatic rings. The lowest BCUT2D eigenvalue weighted by Crippen LogP contribution is -2.33. The molecule has 3 rings (SSSR count). The summed E-state index contributed by atoms with van der Waals surface area (Å²) in [6, 6.07) is 7.91. The smallest absolute Gasteiger partial charge is 0.416 e. The Morgan fingerprint density at radius 1 is 1.18 bits per heavy atom. The minimum Gasteiger partial charge on any atom is -0.421 e. The Labute approximate surface area is 156 Å². The number of anilines is 3. The van der Waals surface area contributed by atoms with Gasteiger partial charge in [-0.2, -0.15) is 5.01 Å². The van der Waals surface area contributed by atoms with Crippen LogP contribution in [0.4, 0.5) is 35.0 Å². The summed E-state index contributed by atoms with van der Waals surface area (Å²) in [6.45, 7) is -1.50. The normalized spacial score (nSPS) is 15.9. The van der Waals surface area contributed by atoms with E-state index in [1.54, 1.807) is 0 Å². The van der Waals surface area contributed by atoms with Crippen molar-refractivity contribution < 1.29 is 22.7 Å². The van der Waals surface area contributed by atoms with Gasteiger partial charge in [-0.1, -0.05) is 6.07 Å². The van der Waals surface area contributed by atoms with Crippen LogP contribution in [0.15, 0.2) is 52.5 Å². The zero-order chi connectivity index (χ0) is 20.3. The van der Waals surface area contributed by atoms with E-state index in [0.717, 1.165) is 29.2 Å².